The van der Waals surface area contributed by atoms with Crippen LogP contribution in [0.3, 0.4) is 0 Å². The Balaban J connectivity index is 1.26. The summed E-state index contributed by atoms with van der Waals surface area (Å²) in [6, 6.07) is 14.3. The number of likely N-dealkylation sites (N-methyl/N-ethyl adjacent to an activating group) is 2. The number of benzene rings is 3. The highest BCUT2D eigenvalue weighted by Crippen LogP contribution is 2.70. The van der Waals surface area contributed by atoms with Gasteiger partial charge in [0, 0.05) is 37.0 Å². The molecule has 3 aliphatic heterocycles. The Kier molecular flexibility index (Phi) is 4.83. The summed E-state index contributed by atoms with van der Waals surface area (Å²) >= 11 is 6.96. The number of hydrogen-bond acceptors (Lipinski definition) is 6. The van der Waals surface area contributed by atoms with Crippen LogP contribution in [-0.2, 0) is 0 Å². The van der Waals surface area contributed by atoms with Crippen molar-refractivity contribution in [1.29, 1.82) is 0 Å². The molecule has 2 aliphatic carbocycles. The average molecular weight is 573 g/mol. The summed E-state index contributed by atoms with van der Waals surface area (Å²) in [4.78, 5) is 12.0. The van der Waals surface area contributed by atoms with E-state index in [1.165, 1.54) is 12.8 Å². The van der Waals surface area contributed by atoms with Gasteiger partial charge in [0.15, 0.2) is 5.82 Å². The number of quaternary nitrogens is 1. The standard InChI is InChI=1S/C32H31ClFN5O2/c1-38-10-9-18(15-38)41-31-35-28-22(30(36-31)39(2)25-14-32(25)29(39)20-7-8-24(20)37-32)13-23(33)26(27(28)34)21-12-17(40)11-16-5-3-4-6-19(16)21/h3-6,11-13,18,20,24-25,29,37H,7-10,14-15H2,1-2H3/p+1/t18-,20?,24?,25?,29?,32?,39-/m1/s1. The van der Waals surface area contributed by atoms with Gasteiger partial charge in [0.1, 0.15) is 35.0 Å². The van der Waals surface area contributed by atoms with Crippen molar-refractivity contribution in [1.82, 2.24) is 24.7 Å². The van der Waals surface area contributed by atoms with Crippen molar-refractivity contribution in [2.75, 3.05) is 27.2 Å². The van der Waals surface area contributed by atoms with Crippen LogP contribution in [0, 0.1) is 11.7 Å². The zero-order valence-corrected chi connectivity index (χ0v) is 23.8. The fraction of sp³-hybridized carbons (Fsp3) is 0.438. The Bertz CT molecular complexity index is 1800. The maximum absolute atomic E-state index is 16.9. The fourth-order valence-corrected chi connectivity index (χ4v) is 9.33. The Morgan fingerprint density at radius 3 is 2.78 bits per heavy atom. The second kappa shape index (κ2) is 8.07. The fourth-order valence-electron chi connectivity index (χ4n) is 9.03. The number of phenols is 1. The molecular formula is C32H32ClFN5O2+. The molecule has 3 saturated heterocycles. The van der Waals surface area contributed by atoms with Crippen LogP contribution >= 0.6 is 11.6 Å². The zero-order valence-electron chi connectivity index (χ0n) is 23.1. The molecule has 5 aliphatic rings. The van der Waals surface area contributed by atoms with Gasteiger partial charge in [0.25, 0.3) is 0 Å². The van der Waals surface area contributed by atoms with E-state index in [0.29, 0.717) is 39.5 Å². The molecule has 9 heteroatoms. The van der Waals surface area contributed by atoms with Gasteiger partial charge < -0.3 is 14.7 Å². The highest BCUT2D eigenvalue weighted by molar-refractivity contribution is 6.35. The van der Waals surface area contributed by atoms with Crippen LogP contribution in [0.4, 0.5) is 10.2 Å². The molecule has 5 unspecified atom stereocenters. The van der Waals surface area contributed by atoms with Gasteiger partial charge >= 0.3 is 6.01 Å². The van der Waals surface area contributed by atoms with Crippen LogP contribution in [0.25, 0.3) is 32.8 Å². The molecule has 2 N–H and O–H groups in total. The normalized spacial score (nSPS) is 35.1. The lowest BCUT2D eigenvalue weighted by Crippen LogP contribution is -2.75. The average Bonchev–Trinajstić information content (AvgIpc) is 3.37. The molecule has 3 aromatic carbocycles. The van der Waals surface area contributed by atoms with Gasteiger partial charge in [-0.25, -0.2) is 4.39 Å². The first-order valence-electron chi connectivity index (χ1n) is 14.7. The van der Waals surface area contributed by atoms with Crippen LogP contribution in [-0.4, -0.2) is 76.9 Å². The lowest BCUT2D eigenvalue weighted by Gasteiger charge is -2.52. The number of fused-ring (bicyclic) bond motifs is 4. The second-order valence-corrected chi connectivity index (χ2v) is 13.5. The molecule has 210 valence electrons. The summed E-state index contributed by atoms with van der Waals surface area (Å²) in [5.74, 6) is 0.955. The van der Waals surface area contributed by atoms with Gasteiger partial charge in [-0.1, -0.05) is 35.9 Å². The summed E-state index contributed by atoms with van der Waals surface area (Å²) in [6.45, 7) is 1.73. The number of rotatable bonds is 4. The summed E-state index contributed by atoms with van der Waals surface area (Å²) < 4.78 is 23.9. The van der Waals surface area contributed by atoms with Gasteiger partial charge in [0.05, 0.1) is 17.5 Å². The van der Waals surface area contributed by atoms with E-state index in [-0.39, 0.29) is 39.5 Å². The maximum Gasteiger partial charge on any atom is 0.322 e. The largest absolute Gasteiger partial charge is 0.508 e. The number of hydrogen-bond donors (Lipinski definition) is 2. The minimum Gasteiger partial charge on any atom is -0.508 e. The van der Waals surface area contributed by atoms with E-state index in [1.54, 1.807) is 12.1 Å². The van der Waals surface area contributed by atoms with Gasteiger partial charge in [-0.05, 0) is 60.8 Å². The SMILES string of the molecule is CN1CC[C@@H](Oc2nc([N@+]3(C)C4CC45NC4CCC4C53)c3cc(Cl)c(-c4cc(O)cc5ccccc45)c(F)c3n2)C1. The van der Waals surface area contributed by atoms with E-state index in [4.69, 9.17) is 26.3 Å². The summed E-state index contributed by atoms with van der Waals surface area (Å²) in [7, 11) is 4.34. The number of phenolic OH excluding ortho intramolecular Hbond substituents is 1. The van der Waals surface area contributed by atoms with Crippen LogP contribution in [0.2, 0.25) is 5.02 Å². The number of likely N-dealkylation sites (tertiary alicyclic amines) is 2. The Morgan fingerprint density at radius 2 is 2.00 bits per heavy atom. The smallest absolute Gasteiger partial charge is 0.322 e. The molecule has 4 heterocycles. The highest BCUT2D eigenvalue weighted by atomic mass is 35.5. The number of nitrogens with one attached hydrogen (secondary N) is 1. The molecule has 7 atom stereocenters. The first-order chi connectivity index (χ1) is 19.8. The van der Waals surface area contributed by atoms with E-state index < -0.39 is 5.82 Å². The molecule has 7 nitrogen and oxygen atoms in total. The molecule has 2 saturated carbocycles. The molecule has 1 spiro atoms. The van der Waals surface area contributed by atoms with Gasteiger partial charge in [-0.2, -0.15) is 4.98 Å². The first-order valence-corrected chi connectivity index (χ1v) is 15.1. The molecule has 41 heavy (non-hydrogen) atoms. The molecular weight excluding hydrogens is 541 g/mol. The third kappa shape index (κ3) is 3.14. The quantitative estimate of drug-likeness (QED) is 0.326. The Labute approximate surface area is 242 Å². The van der Waals surface area contributed by atoms with Crippen molar-refractivity contribution in [2.24, 2.45) is 5.92 Å². The summed E-state index contributed by atoms with van der Waals surface area (Å²) in [5, 5.41) is 17.0. The first kappa shape index (κ1) is 24.5. The Hall–Kier alpha value is -3.04. The lowest BCUT2D eigenvalue weighted by molar-refractivity contribution is 0.0609. The van der Waals surface area contributed by atoms with E-state index in [1.807, 2.05) is 30.3 Å². The predicted molar refractivity (Wildman–Crippen MR) is 158 cm³/mol. The van der Waals surface area contributed by atoms with E-state index in [0.717, 1.165) is 42.5 Å². The van der Waals surface area contributed by atoms with Crippen LogP contribution in [0.15, 0.2) is 42.5 Å². The third-order valence-electron chi connectivity index (χ3n) is 10.9. The molecule has 1 aromatic heterocycles. The van der Waals surface area contributed by atoms with Crippen LogP contribution in [0.1, 0.15) is 25.7 Å². The van der Waals surface area contributed by atoms with Gasteiger partial charge in [0.2, 0.25) is 5.82 Å². The van der Waals surface area contributed by atoms with Crippen molar-refractivity contribution < 1.29 is 14.2 Å². The number of halogens is 2. The topological polar surface area (TPSA) is 70.5 Å². The van der Waals surface area contributed by atoms with E-state index in [2.05, 4.69) is 24.3 Å². The molecule has 0 radical (unpaired) electrons. The molecule has 5 fully saturated rings. The molecule has 9 rings (SSSR count). The van der Waals surface area contributed by atoms with Gasteiger partial charge in [-0.3, -0.25) is 9.80 Å². The van der Waals surface area contributed by atoms with Crippen molar-refractivity contribution in [3.63, 3.8) is 0 Å². The lowest BCUT2D eigenvalue weighted by atomic mass is 9.73. The minimum atomic E-state index is -0.513. The number of aromatic nitrogens is 2. The van der Waals surface area contributed by atoms with Crippen LogP contribution < -0.4 is 14.5 Å². The van der Waals surface area contributed by atoms with Crippen LogP contribution in [0.5, 0.6) is 11.8 Å². The maximum atomic E-state index is 16.9. The minimum absolute atomic E-state index is 0.0407. The highest BCUT2D eigenvalue weighted by Gasteiger charge is 2.90. The molecule has 0 bridgehead atoms. The third-order valence-corrected chi connectivity index (χ3v) is 11.2. The summed E-state index contributed by atoms with van der Waals surface area (Å²) in [5.41, 5.74) is 1.18. The van der Waals surface area contributed by atoms with Gasteiger partial charge in [-0.15, -0.1) is 4.98 Å². The molecule has 0 amide bonds. The van der Waals surface area contributed by atoms with Crippen molar-refractivity contribution in [2.45, 2.75) is 55.5 Å². The zero-order chi connectivity index (χ0) is 27.8. The number of nitrogens with zero attached hydrogens (tertiary/aromatic N) is 4. The predicted octanol–water partition coefficient (Wildman–Crippen LogP) is 5.24. The van der Waals surface area contributed by atoms with Crippen molar-refractivity contribution >= 4 is 39.1 Å². The van der Waals surface area contributed by atoms with Crippen molar-refractivity contribution in [3.8, 4) is 22.9 Å². The monoisotopic (exact) mass is 572 g/mol. The van der Waals surface area contributed by atoms with Crippen molar-refractivity contribution in [3.05, 3.63) is 53.3 Å². The van der Waals surface area contributed by atoms with E-state index >= 15 is 4.39 Å². The summed E-state index contributed by atoms with van der Waals surface area (Å²) in [6.07, 6.45) is 4.40. The molecule has 4 aromatic rings. The number of aromatic hydroxyl groups is 1. The Morgan fingerprint density at radius 1 is 1.15 bits per heavy atom. The number of ether oxygens (including phenoxy) is 1. The van der Waals surface area contributed by atoms with E-state index in [9.17, 15) is 5.11 Å². The second-order valence-electron chi connectivity index (χ2n) is 13.1.